The predicted molar refractivity (Wildman–Crippen MR) is 63.6 cm³/mol. The van der Waals surface area contributed by atoms with Crippen LogP contribution in [0.2, 0.25) is 0 Å². The van der Waals surface area contributed by atoms with Gasteiger partial charge < -0.3 is 0 Å². The van der Waals surface area contributed by atoms with E-state index in [-0.39, 0.29) is 10.5 Å². The van der Waals surface area contributed by atoms with Crippen LogP contribution in [-0.4, -0.2) is 15.0 Å². The average Bonchev–Trinajstić information content (AvgIpc) is 3.13. The van der Waals surface area contributed by atoms with E-state index < -0.39 is 15.8 Å². The molecule has 18 heavy (non-hydrogen) atoms. The number of hydrogen-bond acceptors (Lipinski definition) is 3. The highest BCUT2D eigenvalue weighted by atomic mass is 32.2. The monoisotopic (exact) mass is 268 g/mol. The Morgan fingerprint density at radius 1 is 1.44 bits per heavy atom. The Morgan fingerprint density at radius 3 is 2.78 bits per heavy atom. The molecule has 2 rings (SSSR count). The Balaban J connectivity index is 2.10. The third kappa shape index (κ3) is 3.06. The number of nitrogens with zero attached hydrogens (tertiary/aromatic N) is 1. The summed E-state index contributed by atoms with van der Waals surface area (Å²) in [7, 11) is -3.65. The van der Waals surface area contributed by atoms with E-state index in [1.807, 2.05) is 0 Å². The van der Waals surface area contributed by atoms with Gasteiger partial charge in [-0.15, -0.1) is 0 Å². The van der Waals surface area contributed by atoms with Gasteiger partial charge in [0.1, 0.15) is 11.9 Å². The highest BCUT2D eigenvalue weighted by molar-refractivity contribution is 7.89. The van der Waals surface area contributed by atoms with Crippen molar-refractivity contribution in [2.75, 3.05) is 6.54 Å². The topological polar surface area (TPSA) is 70.0 Å². The lowest BCUT2D eigenvalue weighted by atomic mass is 10.2. The second kappa shape index (κ2) is 5.04. The Labute approximate surface area is 105 Å². The Kier molecular flexibility index (Phi) is 3.64. The molecular formula is C12H13FN2O2S. The molecule has 1 saturated carbocycles. The molecule has 1 fully saturated rings. The lowest BCUT2D eigenvalue weighted by Gasteiger charge is -2.06. The molecule has 0 aromatic heterocycles. The molecule has 0 bridgehead atoms. The minimum absolute atomic E-state index is 0.0729. The van der Waals surface area contributed by atoms with Crippen LogP contribution in [0.3, 0.4) is 0 Å². The van der Waals surface area contributed by atoms with Crippen LogP contribution in [0.15, 0.2) is 23.1 Å². The van der Waals surface area contributed by atoms with E-state index in [2.05, 4.69) is 4.72 Å². The van der Waals surface area contributed by atoms with Crippen LogP contribution in [0.1, 0.15) is 24.8 Å². The zero-order valence-electron chi connectivity index (χ0n) is 9.69. The molecule has 1 aromatic rings. The minimum Gasteiger partial charge on any atom is -0.211 e. The van der Waals surface area contributed by atoms with Crippen molar-refractivity contribution in [1.29, 1.82) is 5.26 Å². The first-order valence-electron chi connectivity index (χ1n) is 5.72. The number of hydrogen-bond donors (Lipinski definition) is 1. The number of nitrogens with one attached hydrogen (secondary N) is 1. The van der Waals surface area contributed by atoms with Crippen molar-refractivity contribution in [2.24, 2.45) is 5.92 Å². The number of rotatable bonds is 5. The maximum atomic E-state index is 13.1. The summed E-state index contributed by atoms with van der Waals surface area (Å²) in [5.74, 6) is -0.0787. The van der Waals surface area contributed by atoms with Gasteiger partial charge in [-0.2, -0.15) is 5.26 Å². The van der Waals surface area contributed by atoms with Crippen molar-refractivity contribution in [1.82, 2.24) is 4.72 Å². The quantitative estimate of drug-likeness (QED) is 0.884. The van der Waals surface area contributed by atoms with Crippen LogP contribution < -0.4 is 4.72 Å². The average molecular weight is 268 g/mol. The van der Waals surface area contributed by atoms with Crippen molar-refractivity contribution < 1.29 is 12.8 Å². The first kappa shape index (κ1) is 13.0. The predicted octanol–water partition coefficient (Wildman–Crippen LogP) is 1.78. The molecule has 1 aliphatic carbocycles. The summed E-state index contributed by atoms with van der Waals surface area (Å²) in [5.41, 5.74) is -0.264. The fraction of sp³-hybridized carbons (Fsp3) is 0.417. The van der Waals surface area contributed by atoms with Gasteiger partial charge in [0.15, 0.2) is 0 Å². The van der Waals surface area contributed by atoms with Crippen molar-refractivity contribution in [3.8, 4) is 6.07 Å². The Hall–Kier alpha value is -1.45. The van der Waals surface area contributed by atoms with Crippen LogP contribution in [-0.2, 0) is 10.0 Å². The summed E-state index contributed by atoms with van der Waals surface area (Å²) in [6.07, 6.45) is 3.15. The third-order valence-electron chi connectivity index (χ3n) is 2.91. The SMILES string of the molecule is N#Cc1cc(S(=O)(=O)NCCC2CC2)ccc1F. The molecule has 1 aromatic carbocycles. The van der Waals surface area contributed by atoms with E-state index >= 15 is 0 Å². The van der Waals surface area contributed by atoms with Crippen molar-refractivity contribution in [2.45, 2.75) is 24.2 Å². The minimum atomic E-state index is -3.65. The van der Waals surface area contributed by atoms with Crippen LogP contribution in [0.5, 0.6) is 0 Å². The molecule has 1 aliphatic rings. The second-order valence-electron chi connectivity index (χ2n) is 4.38. The van der Waals surface area contributed by atoms with Gasteiger partial charge in [0.2, 0.25) is 10.0 Å². The summed E-state index contributed by atoms with van der Waals surface area (Å²) >= 11 is 0. The third-order valence-corrected chi connectivity index (χ3v) is 4.37. The van der Waals surface area contributed by atoms with E-state index in [0.29, 0.717) is 12.5 Å². The van der Waals surface area contributed by atoms with Gasteiger partial charge in [0.05, 0.1) is 10.5 Å². The molecule has 0 heterocycles. The van der Waals surface area contributed by atoms with Crippen LogP contribution in [0.25, 0.3) is 0 Å². The summed E-state index contributed by atoms with van der Waals surface area (Å²) in [5, 5.41) is 8.66. The number of benzene rings is 1. The maximum absolute atomic E-state index is 13.1. The van der Waals surface area contributed by atoms with Crippen LogP contribution >= 0.6 is 0 Å². The lowest BCUT2D eigenvalue weighted by molar-refractivity contribution is 0.574. The number of nitriles is 1. The summed E-state index contributed by atoms with van der Waals surface area (Å²) in [6, 6.07) is 4.83. The first-order chi connectivity index (χ1) is 8.53. The van der Waals surface area contributed by atoms with Gasteiger partial charge in [0.25, 0.3) is 0 Å². The van der Waals surface area contributed by atoms with Gasteiger partial charge in [0, 0.05) is 6.54 Å². The summed E-state index contributed by atoms with van der Waals surface area (Å²) in [6.45, 7) is 0.381. The zero-order valence-corrected chi connectivity index (χ0v) is 10.5. The fourth-order valence-electron chi connectivity index (χ4n) is 1.64. The van der Waals surface area contributed by atoms with E-state index in [1.54, 1.807) is 6.07 Å². The second-order valence-corrected chi connectivity index (χ2v) is 6.15. The number of sulfonamides is 1. The van der Waals surface area contributed by atoms with E-state index in [1.165, 1.54) is 0 Å². The highest BCUT2D eigenvalue weighted by Gasteiger charge is 2.22. The van der Waals surface area contributed by atoms with Crippen molar-refractivity contribution >= 4 is 10.0 Å². The van der Waals surface area contributed by atoms with Gasteiger partial charge in [-0.3, -0.25) is 0 Å². The van der Waals surface area contributed by atoms with E-state index in [9.17, 15) is 12.8 Å². The number of halogens is 1. The molecular weight excluding hydrogens is 255 g/mol. The maximum Gasteiger partial charge on any atom is 0.240 e. The first-order valence-corrected chi connectivity index (χ1v) is 7.20. The highest BCUT2D eigenvalue weighted by Crippen LogP contribution is 2.31. The Bertz CT molecular complexity index is 589. The lowest BCUT2D eigenvalue weighted by Crippen LogP contribution is -2.25. The van der Waals surface area contributed by atoms with Gasteiger partial charge in [-0.25, -0.2) is 17.5 Å². The molecule has 0 aliphatic heterocycles. The largest absolute Gasteiger partial charge is 0.240 e. The van der Waals surface area contributed by atoms with Gasteiger partial charge in [-0.1, -0.05) is 12.8 Å². The molecule has 0 spiro atoms. The van der Waals surface area contributed by atoms with E-state index in [0.717, 1.165) is 37.5 Å². The summed E-state index contributed by atoms with van der Waals surface area (Å²) < 4.78 is 39.3. The van der Waals surface area contributed by atoms with Gasteiger partial charge in [-0.05, 0) is 30.5 Å². The molecule has 0 amide bonds. The molecule has 6 heteroatoms. The normalized spacial score (nSPS) is 15.3. The fourth-order valence-corrected chi connectivity index (χ4v) is 2.72. The van der Waals surface area contributed by atoms with Crippen LogP contribution in [0, 0.1) is 23.1 Å². The molecule has 0 saturated heterocycles. The molecule has 0 radical (unpaired) electrons. The molecule has 4 nitrogen and oxygen atoms in total. The van der Waals surface area contributed by atoms with Crippen LogP contribution in [0.4, 0.5) is 4.39 Å². The molecule has 96 valence electrons. The smallest absolute Gasteiger partial charge is 0.211 e. The molecule has 0 atom stereocenters. The zero-order chi connectivity index (χ0) is 13.2. The van der Waals surface area contributed by atoms with Gasteiger partial charge >= 0.3 is 0 Å². The summed E-state index contributed by atoms with van der Waals surface area (Å²) in [4.78, 5) is -0.0729. The van der Waals surface area contributed by atoms with E-state index in [4.69, 9.17) is 5.26 Å². The standard InChI is InChI=1S/C12H13FN2O2S/c13-12-4-3-11(7-10(12)8-14)18(16,17)15-6-5-9-1-2-9/h3-4,7,9,15H,1-2,5-6H2. The Morgan fingerprint density at radius 2 is 2.17 bits per heavy atom. The molecule has 0 unspecified atom stereocenters. The van der Waals surface area contributed by atoms with Crippen molar-refractivity contribution in [3.63, 3.8) is 0 Å². The molecule has 1 N–H and O–H groups in total. The van der Waals surface area contributed by atoms with Crippen molar-refractivity contribution in [3.05, 3.63) is 29.6 Å².